The molecule has 0 saturated heterocycles. The number of carbonyl (C=O) groups excluding carboxylic acids is 2. The molecule has 2 N–H and O–H groups in total. The van der Waals surface area contributed by atoms with E-state index in [2.05, 4.69) is 10.6 Å². The molecule has 136 valence electrons. The van der Waals surface area contributed by atoms with Gasteiger partial charge in [-0.05, 0) is 41.6 Å². The largest absolute Gasteiger partial charge is 0.352 e. The van der Waals surface area contributed by atoms with Crippen LogP contribution in [0.2, 0.25) is 0 Å². The van der Waals surface area contributed by atoms with Crippen molar-refractivity contribution in [2.75, 3.05) is 11.9 Å². The van der Waals surface area contributed by atoms with Crippen LogP contribution >= 0.6 is 11.3 Å². The van der Waals surface area contributed by atoms with E-state index < -0.39 is 0 Å². The number of para-hydroxylation sites is 1. The minimum Gasteiger partial charge on any atom is -0.352 e. The summed E-state index contributed by atoms with van der Waals surface area (Å²) >= 11 is 1.56. The van der Waals surface area contributed by atoms with Crippen LogP contribution < -0.4 is 10.6 Å². The third kappa shape index (κ3) is 5.66. The van der Waals surface area contributed by atoms with Gasteiger partial charge in [0.15, 0.2) is 0 Å². The summed E-state index contributed by atoms with van der Waals surface area (Å²) in [7, 11) is 0. The molecular formula is C22H20N2O2S. The second-order valence-corrected chi connectivity index (χ2v) is 6.85. The summed E-state index contributed by atoms with van der Waals surface area (Å²) in [6.07, 6.45) is 3.98. The number of nitrogens with one attached hydrogen (secondary N) is 2. The van der Waals surface area contributed by atoms with Gasteiger partial charge in [-0.3, -0.25) is 9.59 Å². The maximum Gasteiger partial charge on any atom is 0.253 e. The van der Waals surface area contributed by atoms with Crippen molar-refractivity contribution < 1.29 is 9.59 Å². The van der Waals surface area contributed by atoms with E-state index in [1.807, 2.05) is 47.8 Å². The van der Waals surface area contributed by atoms with E-state index in [9.17, 15) is 9.59 Å². The Morgan fingerprint density at radius 2 is 1.70 bits per heavy atom. The lowest BCUT2D eigenvalue weighted by molar-refractivity contribution is -0.111. The van der Waals surface area contributed by atoms with Gasteiger partial charge < -0.3 is 10.6 Å². The van der Waals surface area contributed by atoms with Gasteiger partial charge in [0.25, 0.3) is 5.91 Å². The zero-order valence-corrected chi connectivity index (χ0v) is 15.5. The van der Waals surface area contributed by atoms with E-state index in [4.69, 9.17) is 0 Å². The van der Waals surface area contributed by atoms with Crippen molar-refractivity contribution in [1.29, 1.82) is 0 Å². The van der Waals surface area contributed by atoms with Gasteiger partial charge in [-0.15, -0.1) is 11.3 Å². The average Bonchev–Trinajstić information content (AvgIpc) is 3.21. The highest BCUT2D eigenvalue weighted by molar-refractivity contribution is 7.10. The first-order valence-electron chi connectivity index (χ1n) is 8.66. The Bertz CT molecular complexity index is 919. The van der Waals surface area contributed by atoms with E-state index in [0.717, 1.165) is 16.9 Å². The standard InChI is InChI=1S/C22H20N2O2S/c25-21(13-12-18-9-6-16-27-18)24-20-11-5-4-10-19(20)22(26)23-15-14-17-7-2-1-3-8-17/h1-13,16H,14-15H2,(H,23,26)(H,24,25). The number of rotatable bonds is 7. The molecule has 0 radical (unpaired) electrons. The molecule has 1 aromatic heterocycles. The summed E-state index contributed by atoms with van der Waals surface area (Å²) in [5.41, 5.74) is 2.11. The van der Waals surface area contributed by atoms with Crippen LogP contribution in [0.1, 0.15) is 20.8 Å². The number of anilines is 1. The van der Waals surface area contributed by atoms with Crippen LogP contribution in [0.25, 0.3) is 6.08 Å². The number of amides is 2. The van der Waals surface area contributed by atoms with Crippen LogP contribution in [-0.4, -0.2) is 18.4 Å². The zero-order chi connectivity index (χ0) is 18.9. The maximum atomic E-state index is 12.5. The lowest BCUT2D eigenvalue weighted by atomic mass is 10.1. The summed E-state index contributed by atoms with van der Waals surface area (Å²) in [5.74, 6) is -0.475. The topological polar surface area (TPSA) is 58.2 Å². The molecule has 0 aliphatic heterocycles. The minimum atomic E-state index is -0.270. The van der Waals surface area contributed by atoms with Gasteiger partial charge in [0, 0.05) is 17.5 Å². The molecule has 4 nitrogen and oxygen atoms in total. The van der Waals surface area contributed by atoms with Crippen LogP contribution in [0.5, 0.6) is 0 Å². The minimum absolute atomic E-state index is 0.205. The van der Waals surface area contributed by atoms with E-state index in [-0.39, 0.29) is 11.8 Å². The van der Waals surface area contributed by atoms with Crippen LogP contribution in [0.15, 0.2) is 78.2 Å². The van der Waals surface area contributed by atoms with E-state index >= 15 is 0 Å². The molecule has 0 bridgehead atoms. The van der Waals surface area contributed by atoms with Gasteiger partial charge in [0.1, 0.15) is 0 Å². The lowest BCUT2D eigenvalue weighted by Crippen LogP contribution is -2.27. The molecule has 3 aromatic rings. The summed E-state index contributed by atoms with van der Waals surface area (Å²) < 4.78 is 0. The smallest absolute Gasteiger partial charge is 0.253 e. The van der Waals surface area contributed by atoms with Crippen molar-refractivity contribution in [3.8, 4) is 0 Å². The predicted octanol–water partition coefficient (Wildman–Crippen LogP) is 4.37. The number of hydrogen-bond donors (Lipinski definition) is 2. The molecular weight excluding hydrogens is 356 g/mol. The van der Waals surface area contributed by atoms with Crippen LogP contribution in [0, 0.1) is 0 Å². The highest BCUT2D eigenvalue weighted by Crippen LogP contribution is 2.16. The SMILES string of the molecule is O=C(C=Cc1cccs1)Nc1ccccc1C(=O)NCCc1ccccc1. The molecule has 0 fully saturated rings. The Balaban J connectivity index is 1.59. The molecule has 0 aliphatic carbocycles. The second kappa shape index (κ2) is 9.50. The number of thiophene rings is 1. The first kappa shape index (κ1) is 18.6. The number of carbonyl (C=O) groups is 2. The highest BCUT2D eigenvalue weighted by Gasteiger charge is 2.11. The normalized spacial score (nSPS) is 10.7. The van der Waals surface area contributed by atoms with E-state index in [0.29, 0.717) is 17.8 Å². The molecule has 2 amide bonds. The fraction of sp³-hybridized carbons (Fsp3) is 0.0909. The van der Waals surface area contributed by atoms with Crippen molar-refractivity contribution in [1.82, 2.24) is 5.32 Å². The van der Waals surface area contributed by atoms with E-state index in [1.54, 1.807) is 41.7 Å². The van der Waals surface area contributed by atoms with Gasteiger partial charge in [0.05, 0.1) is 11.3 Å². The predicted molar refractivity (Wildman–Crippen MR) is 111 cm³/mol. The molecule has 2 aromatic carbocycles. The third-order valence-corrected chi connectivity index (χ3v) is 4.75. The maximum absolute atomic E-state index is 12.5. The molecule has 0 saturated carbocycles. The Morgan fingerprint density at radius 3 is 2.48 bits per heavy atom. The zero-order valence-electron chi connectivity index (χ0n) is 14.7. The molecule has 5 heteroatoms. The number of hydrogen-bond acceptors (Lipinski definition) is 3. The monoisotopic (exact) mass is 376 g/mol. The molecule has 0 spiro atoms. The third-order valence-electron chi connectivity index (χ3n) is 3.91. The number of benzene rings is 2. The average molecular weight is 376 g/mol. The van der Waals surface area contributed by atoms with E-state index in [1.165, 1.54) is 6.08 Å². The molecule has 3 rings (SSSR count). The molecule has 0 aliphatic rings. The van der Waals surface area contributed by atoms with Crippen molar-refractivity contribution >= 4 is 34.9 Å². The van der Waals surface area contributed by atoms with Crippen molar-refractivity contribution in [2.24, 2.45) is 0 Å². The first-order chi connectivity index (χ1) is 13.2. The Hall–Kier alpha value is -3.18. The van der Waals surface area contributed by atoms with Gasteiger partial charge in [-0.1, -0.05) is 48.5 Å². The van der Waals surface area contributed by atoms with Crippen molar-refractivity contribution in [3.63, 3.8) is 0 Å². The van der Waals surface area contributed by atoms with Gasteiger partial charge in [0.2, 0.25) is 5.91 Å². The summed E-state index contributed by atoms with van der Waals surface area (Å²) in [6, 6.07) is 20.8. The van der Waals surface area contributed by atoms with Gasteiger partial charge in [-0.25, -0.2) is 0 Å². The first-order valence-corrected chi connectivity index (χ1v) is 9.54. The quantitative estimate of drug-likeness (QED) is 0.602. The van der Waals surface area contributed by atoms with Crippen LogP contribution in [0.3, 0.4) is 0 Å². The molecule has 1 heterocycles. The second-order valence-electron chi connectivity index (χ2n) is 5.88. The molecule has 0 unspecified atom stereocenters. The fourth-order valence-corrected chi connectivity index (χ4v) is 3.19. The molecule has 0 atom stereocenters. The Morgan fingerprint density at radius 1 is 0.926 bits per heavy atom. The van der Waals surface area contributed by atoms with Gasteiger partial charge in [-0.2, -0.15) is 0 Å². The summed E-state index contributed by atoms with van der Waals surface area (Å²) in [4.78, 5) is 25.7. The van der Waals surface area contributed by atoms with Crippen molar-refractivity contribution in [2.45, 2.75) is 6.42 Å². The van der Waals surface area contributed by atoms with Gasteiger partial charge >= 0.3 is 0 Å². The summed E-state index contributed by atoms with van der Waals surface area (Å²) in [5, 5.41) is 7.64. The lowest BCUT2D eigenvalue weighted by Gasteiger charge is -2.10. The molecule has 27 heavy (non-hydrogen) atoms. The van der Waals surface area contributed by atoms with Crippen molar-refractivity contribution in [3.05, 3.63) is 94.2 Å². The Labute approximate surface area is 162 Å². The van der Waals surface area contributed by atoms with Crippen LogP contribution in [0.4, 0.5) is 5.69 Å². The Kier molecular flexibility index (Phi) is 6.55. The highest BCUT2D eigenvalue weighted by atomic mass is 32.1. The van der Waals surface area contributed by atoms with Crippen LogP contribution in [-0.2, 0) is 11.2 Å². The summed E-state index contributed by atoms with van der Waals surface area (Å²) in [6.45, 7) is 0.531. The fourth-order valence-electron chi connectivity index (χ4n) is 2.57.